The maximum atomic E-state index is 11.0. The molecule has 6 heteroatoms. The molecule has 0 spiro atoms. The zero-order valence-electron chi connectivity index (χ0n) is 9.04. The van der Waals surface area contributed by atoms with E-state index in [1.807, 2.05) is 0 Å². The first-order chi connectivity index (χ1) is 7.91. The van der Waals surface area contributed by atoms with Crippen LogP contribution in [0.3, 0.4) is 0 Å². The largest absolute Gasteiger partial charge is 0.481 e. The highest BCUT2D eigenvalue weighted by Crippen LogP contribution is 2.31. The molecule has 1 amide bonds. The first kappa shape index (κ1) is 13.8. The van der Waals surface area contributed by atoms with Crippen molar-refractivity contribution in [3.63, 3.8) is 0 Å². The average molecular weight is 276 g/mol. The third kappa shape index (κ3) is 3.91. The van der Waals surface area contributed by atoms with Gasteiger partial charge >= 0.3 is 5.97 Å². The van der Waals surface area contributed by atoms with Gasteiger partial charge in [0.05, 0.1) is 22.5 Å². The summed E-state index contributed by atoms with van der Waals surface area (Å²) < 4.78 is 0. The Morgan fingerprint density at radius 2 is 2.06 bits per heavy atom. The molecule has 0 heterocycles. The monoisotopic (exact) mass is 275 g/mol. The van der Waals surface area contributed by atoms with Crippen LogP contribution in [0.25, 0.3) is 0 Å². The molecule has 1 unspecified atom stereocenters. The van der Waals surface area contributed by atoms with Crippen molar-refractivity contribution >= 4 is 35.1 Å². The summed E-state index contributed by atoms with van der Waals surface area (Å²) in [5.41, 5.74) is 0.497. The molecule has 1 aromatic carbocycles. The van der Waals surface area contributed by atoms with Crippen LogP contribution in [0.4, 0.5) is 0 Å². The molecule has 1 aromatic rings. The Morgan fingerprint density at radius 1 is 1.41 bits per heavy atom. The minimum atomic E-state index is -1.03. The highest BCUT2D eigenvalue weighted by molar-refractivity contribution is 6.42. The lowest BCUT2D eigenvalue weighted by atomic mass is 10.0. The lowest BCUT2D eigenvalue weighted by Gasteiger charge is -2.18. The molecule has 0 bridgehead atoms. The molecule has 0 aromatic heterocycles. The molecule has 0 aliphatic carbocycles. The quantitative estimate of drug-likeness (QED) is 0.888. The van der Waals surface area contributed by atoms with E-state index < -0.39 is 12.0 Å². The van der Waals surface area contributed by atoms with E-state index in [4.69, 9.17) is 28.3 Å². The fraction of sp³-hybridized carbons (Fsp3) is 0.273. The lowest BCUT2D eigenvalue weighted by Crippen LogP contribution is -2.28. The van der Waals surface area contributed by atoms with Crippen LogP contribution in [0.15, 0.2) is 18.2 Å². The molecule has 4 nitrogen and oxygen atoms in total. The summed E-state index contributed by atoms with van der Waals surface area (Å²) in [5, 5.41) is 11.9. The smallest absolute Gasteiger partial charge is 0.305 e. The molecule has 0 saturated carbocycles. The average Bonchev–Trinajstić information content (AvgIpc) is 2.19. The van der Waals surface area contributed by atoms with Crippen LogP contribution in [0.1, 0.15) is 24.9 Å². The number of hydrogen-bond donors (Lipinski definition) is 2. The Hall–Kier alpha value is -1.26. The molecule has 17 heavy (non-hydrogen) atoms. The van der Waals surface area contributed by atoms with E-state index in [-0.39, 0.29) is 17.4 Å². The summed E-state index contributed by atoms with van der Waals surface area (Å²) in [6.45, 7) is 1.31. The van der Waals surface area contributed by atoms with Crippen molar-refractivity contribution in [3.8, 4) is 0 Å². The predicted molar refractivity (Wildman–Crippen MR) is 65.3 cm³/mol. The van der Waals surface area contributed by atoms with Crippen molar-refractivity contribution in [1.82, 2.24) is 5.32 Å². The fourth-order valence-corrected chi connectivity index (χ4v) is 1.89. The van der Waals surface area contributed by atoms with Gasteiger partial charge in [-0.2, -0.15) is 0 Å². The first-order valence-corrected chi connectivity index (χ1v) is 5.60. The van der Waals surface area contributed by atoms with Crippen LogP contribution in [-0.2, 0) is 9.59 Å². The number of rotatable bonds is 4. The van der Waals surface area contributed by atoms with E-state index in [2.05, 4.69) is 5.32 Å². The minimum Gasteiger partial charge on any atom is -0.481 e. The van der Waals surface area contributed by atoms with Gasteiger partial charge in [0.15, 0.2) is 0 Å². The second-order valence-electron chi connectivity index (χ2n) is 3.49. The Labute approximate surface area is 109 Å². The third-order valence-corrected chi connectivity index (χ3v) is 2.95. The zero-order chi connectivity index (χ0) is 13.0. The van der Waals surface area contributed by atoms with Gasteiger partial charge in [0.1, 0.15) is 0 Å². The summed E-state index contributed by atoms with van der Waals surface area (Å²) in [6.07, 6.45) is -0.250. The van der Waals surface area contributed by atoms with Crippen LogP contribution in [0.5, 0.6) is 0 Å². The third-order valence-electron chi connectivity index (χ3n) is 2.11. The van der Waals surface area contributed by atoms with E-state index in [9.17, 15) is 9.59 Å². The summed E-state index contributed by atoms with van der Waals surface area (Å²) in [4.78, 5) is 21.8. The molecule has 0 fully saturated rings. The van der Waals surface area contributed by atoms with Crippen molar-refractivity contribution in [2.24, 2.45) is 0 Å². The first-order valence-electron chi connectivity index (χ1n) is 4.84. The number of halogens is 2. The molecule has 2 N–H and O–H groups in total. The Bertz CT molecular complexity index is 432. The maximum Gasteiger partial charge on any atom is 0.305 e. The van der Waals surface area contributed by atoms with Crippen molar-refractivity contribution in [3.05, 3.63) is 33.8 Å². The van der Waals surface area contributed by atoms with Gasteiger partial charge in [0.25, 0.3) is 0 Å². The van der Waals surface area contributed by atoms with Gasteiger partial charge < -0.3 is 10.4 Å². The van der Waals surface area contributed by atoms with Crippen molar-refractivity contribution in [1.29, 1.82) is 0 Å². The number of nitrogens with one attached hydrogen (secondary N) is 1. The highest BCUT2D eigenvalue weighted by Gasteiger charge is 2.20. The van der Waals surface area contributed by atoms with E-state index in [0.29, 0.717) is 10.6 Å². The number of aliphatic carboxylic acids is 1. The van der Waals surface area contributed by atoms with Gasteiger partial charge in [-0.25, -0.2) is 0 Å². The molecule has 0 aliphatic heterocycles. The Kier molecular flexibility index (Phi) is 4.78. The number of carbonyl (C=O) groups is 2. The highest BCUT2D eigenvalue weighted by atomic mass is 35.5. The lowest BCUT2D eigenvalue weighted by molar-refractivity contribution is -0.137. The number of carbonyl (C=O) groups excluding carboxylic acids is 1. The summed E-state index contributed by atoms with van der Waals surface area (Å²) >= 11 is 11.8. The molecule has 1 rings (SSSR count). The van der Waals surface area contributed by atoms with Gasteiger partial charge in [0, 0.05) is 6.92 Å². The van der Waals surface area contributed by atoms with Gasteiger partial charge in [0.2, 0.25) is 5.91 Å². The van der Waals surface area contributed by atoms with Gasteiger partial charge in [-0.3, -0.25) is 9.59 Å². The topological polar surface area (TPSA) is 66.4 Å². The van der Waals surface area contributed by atoms with E-state index in [0.717, 1.165) is 0 Å². The van der Waals surface area contributed by atoms with Gasteiger partial charge in [-0.05, 0) is 11.6 Å². The van der Waals surface area contributed by atoms with Gasteiger partial charge in [-0.1, -0.05) is 35.3 Å². The summed E-state index contributed by atoms with van der Waals surface area (Å²) in [5.74, 6) is -1.35. The number of amides is 1. The standard InChI is InChI=1S/C11H11Cl2NO3/c1-6(15)14-9(5-10(16)17)7-3-2-4-8(12)11(7)13/h2-4,9H,5H2,1H3,(H,14,15)(H,16,17). The molecule has 0 saturated heterocycles. The minimum absolute atomic E-state index is 0.250. The molecular formula is C11H11Cl2NO3. The number of carboxylic acid groups (broad SMARTS) is 1. The number of carboxylic acids is 1. The summed E-state index contributed by atoms with van der Waals surface area (Å²) in [6, 6.07) is 4.20. The van der Waals surface area contributed by atoms with E-state index in [1.165, 1.54) is 6.92 Å². The second kappa shape index (κ2) is 5.89. The van der Waals surface area contributed by atoms with Crippen molar-refractivity contribution in [2.75, 3.05) is 0 Å². The van der Waals surface area contributed by atoms with E-state index >= 15 is 0 Å². The maximum absolute atomic E-state index is 11.0. The van der Waals surface area contributed by atoms with Crippen LogP contribution in [0, 0.1) is 0 Å². The zero-order valence-corrected chi connectivity index (χ0v) is 10.5. The van der Waals surface area contributed by atoms with Crippen molar-refractivity contribution in [2.45, 2.75) is 19.4 Å². The molecular weight excluding hydrogens is 265 g/mol. The number of hydrogen-bond acceptors (Lipinski definition) is 2. The SMILES string of the molecule is CC(=O)NC(CC(=O)O)c1cccc(Cl)c1Cl. The molecule has 92 valence electrons. The van der Waals surface area contributed by atoms with Crippen LogP contribution >= 0.6 is 23.2 Å². The van der Waals surface area contributed by atoms with Gasteiger partial charge in [-0.15, -0.1) is 0 Å². The van der Waals surface area contributed by atoms with E-state index in [1.54, 1.807) is 18.2 Å². The Morgan fingerprint density at radius 3 is 2.59 bits per heavy atom. The van der Waals surface area contributed by atoms with Crippen molar-refractivity contribution < 1.29 is 14.7 Å². The Balaban J connectivity index is 3.07. The normalized spacial score (nSPS) is 11.9. The molecule has 1 atom stereocenters. The molecule has 0 aliphatic rings. The van der Waals surface area contributed by atoms with Crippen LogP contribution in [-0.4, -0.2) is 17.0 Å². The molecule has 0 radical (unpaired) electrons. The number of benzene rings is 1. The van der Waals surface area contributed by atoms with Crippen LogP contribution < -0.4 is 5.32 Å². The predicted octanol–water partition coefficient (Wildman–Crippen LogP) is 2.65. The van der Waals surface area contributed by atoms with Crippen LogP contribution in [0.2, 0.25) is 10.0 Å². The summed E-state index contributed by atoms with van der Waals surface area (Å²) in [7, 11) is 0. The second-order valence-corrected chi connectivity index (χ2v) is 4.28. The fourth-order valence-electron chi connectivity index (χ4n) is 1.45.